The lowest BCUT2D eigenvalue weighted by Crippen LogP contribution is -2.38. The zero-order chi connectivity index (χ0) is 15.3. The Hall–Kier alpha value is -1.27. The third-order valence-electron chi connectivity index (χ3n) is 3.82. The maximum Gasteiger partial charge on any atom is 0.573 e. The Labute approximate surface area is 122 Å². The van der Waals surface area contributed by atoms with E-state index in [2.05, 4.69) is 10.1 Å². The smallest absolute Gasteiger partial charge is 0.406 e. The van der Waals surface area contributed by atoms with Crippen LogP contribution in [-0.2, 0) is 11.2 Å². The molecule has 118 valence electrons. The molecule has 0 aliphatic carbocycles. The molecule has 0 bridgehead atoms. The minimum absolute atomic E-state index is 0.182. The van der Waals surface area contributed by atoms with E-state index in [9.17, 15) is 13.2 Å². The molecule has 1 aliphatic rings. The van der Waals surface area contributed by atoms with Crippen molar-refractivity contribution in [2.24, 2.45) is 5.92 Å². The second kappa shape index (κ2) is 7.13. The van der Waals surface area contributed by atoms with Gasteiger partial charge in [0.2, 0.25) is 0 Å². The van der Waals surface area contributed by atoms with Crippen LogP contribution in [0.2, 0.25) is 0 Å². The van der Waals surface area contributed by atoms with Crippen LogP contribution < -0.4 is 10.1 Å². The topological polar surface area (TPSA) is 30.5 Å². The number of likely N-dealkylation sites (N-methyl/N-ethyl adjacent to an activating group) is 1. The Balaban J connectivity index is 1.94. The van der Waals surface area contributed by atoms with Crippen molar-refractivity contribution in [3.8, 4) is 5.75 Å². The minimum atomic E-state index is -4.64. The summed E-state index contributed by atoms with van der Waals surface area (Å²) in [6.45, 7) is 1.56. The monoisotopic (exact) mass is 303 g/mol. The van der Waals surface area contributed by atoms with Crippen LogP contribution in [0.25, 0.3) is 0 Å². The molecule has 1 aromatic carbocycles. The first-order chi connectivity index (χ1) is 9.98. The highest BCUT2D eigenvalue weighted by molar-refractivity contribution is 5.28. The van der Waals surface area contributed by atoms with E-state index in [1.165, 1.54) is 12.1 Å². The lowest BCUT2D eigenvalue weighted by atomic mass is 9.88. The molecule has 1 fully saturated rings. The number of alkyl halides is 3. The first-order valence-corrected chi connectivity index (χ1v) is 7.07. The van der Waals surface area contributed by atoms with Crippen molar-refractivity contribution in [3.63, 3.8) is 0 Å². The van der Waals surface area contributed by atoms with Gasteiger partial charge in [-0.25, -0.2) is 0 Å². The maximum absolute atomic E-state index is 12.1. The SMILES string of the molecule is CNC(Cc1ccc(OC(F)(F)F)cc1)C1CCOCC1. The highest BCUT2D eigenvalue weighted by Gasteiger charge is 2.31. The molecule has 1 atom stereocenters. The molecule has 0 saturated carbocycles. The van der Waals surface area contributed by atoms with Crippen molar-refractivity contribution in [3.05, 3.63) is 29.8 Å². The summed E-state index contributed by atoms with van der Waals surface area (Å²) < 4.78 is 45.5. The van der Waals surface area contributed by atoms with Crippen LogP contribution in [0.4, 0.5) is 13.2 Å². The number of halogens is 3. The minimum Gasteiger partial charge on any atom is -0.406 e. The molecule has 0 spiro atoms. The van der Waals surface area contributed by atoms with E-state index in [-0.39, 0.29) is 5.75 Å². The van der Waals surface area contributed by atoms with E-state index in [0.717, 1.165) is 38.0 Å². The number of hydrogen-bond acceptors (Lipinski definition) is 3. The summed E-state index contributed by atoms with van der Waals surface area (Å²) in [5.41, 5.74) is 0.996. The summed E-state index contributed by atoms with van der Waals surface area (Å²) in [7, 11) is 1.92. The van der Waals surface area contributed by atoms with Gasteiger partial charge in [-0.2, -0.15) is 0 Å². The fourth-order valence-electron chi connectivity index (χ4n) is 2.70. The van der Waals surface area contributed by atoms with Crippen LogP contribution >= 0.6 is 0 Å². The summed E-state index contributed by atoms with van der Waals surface area (Å²) in [5, 5.41) is 3.31. The molecule has 0 amide bonds. The molecule has 1 unspecified atom stereocenters. The van der Waals surface area contributed by atoms with Gasteiger partial charge < -0.3 is 14.8 Å². The molecule has 6 heteroatoms. The van der Waals surface area contributed by atoms with Crippen LogP contribution in [0.1, 0.15) is 18.4 Å². The normalized spacial score (nSPS) is 18.5. The lowest BCUT2D eigenvalue weighted by molar-refractivity contribution is -0.274. The van der Waals surface area contributed by atoms with Crippen molar-refractivity contribution in [2.75, 3.05) is 20.3 Å². The van der Waals surface area contributed by atoms with E-state index in [0.29, 0.717) is 12.0 Å². The molecule has 1 saturated heterocycles. The second-order valence-electron chi connectivity index (χ2n) is 5.24. The van der Waals surface area contributed by atoms with E-state index in [1.807, 2.05) is 7.05 Å². The van der Waals surface area contributed by atoms with Crippen LogP contribution in [0.3, 0.4) is 0 Å². The zero-order valence-corrected chi connectivity index (χ0v) is 12.0. The summed E-state index contributed by atoms with van der Waals surface area (Å²) in [6.07, 6.45) is -1.83. The number of nitrogens with one attached hydrogen (secondary N) is 1. The molecule has 1 N–H and O–H groups in total. The van der Waals surface area contributed by atoms with Crippen LogP contribution in [-0.4, -0.2) is 32.7 Å². The Morgan fingerprint density at radius 1 is 1.24 bits per heavy atom. The molecule has 3 nitrogen and oxygen atoms in total. The van der Waals surface area contributed by atoms with Gasteiger partial charge in [0.15, 0.2) is 0 Å². The zero-order valence-electron chi connectivity index (χ0n) is 12.0. The van der Waals surface area contributed by atoms with Crippen molar-refractivity contribution < 1.29 is 22.6 Å². The predicted octanol–water partition coefficient (Wildman–Crippen LogP) is 3.14. The summed E-state index contributed by atoms with van der Waals surface area (Å²) in [5.74, 6) is 0.355. The van der Waals surface area contributed by atoms with Crippen molar-refractivity contribution in [2.45, 2.75) is 31.7 Å². The average Bonchev–Trinajstić information content (AvgIpc) is 2.46. The molecule has 0 aromatic heterocycles. The van der Waals surface area contributed by atoms with Gasteiger partial charge in [0.25, 0.3) is 0 Å². The third kappa shape index (κ3) is 5.21. The molecule has 2 rings (SSSR count). The van der Waals surface area contributed by atoms with Crippen LogP contribution in [0, 0.1) is 5.92 Å². The van der Waals surface area contributed by atoms with E-state index in [4.69, 9.17) is 4.74 Å². The Morgan fingerprint density at radius 2 is 1.86 bits per heavy atom. The molecule has 0 radical (unpaired) electrons. The van der Waals surface area contributed by atoms with Crippen molar-refractivity contribution in [1.29, 1.82) is 0 Å². The van der Waals surface area contributed by atoms with Gasteiger partial charge in [-0.3, -0.25) is 0 Å². The van der Waals surface area contributed by atoms with Gasteiger partial charge in [0, 0.05) is 19.3 Å². The van der Waals surface area contributed by atoms with Crippen LogP contribution in [0.15, 0.2) is 24.3 Å². The number of ether oxygens (including phenoxy) is 2. The van der Waals surface area contributed by atoms with Gasteiger partial charge in [0.1, 0.15) is 5.75 Å². The van der Waals surface area contributed by atoms with E-state index >= 15 is 0 Å². The third-order valence-corrected chi connectivity index (χ3v) is 3.82. The van der Waals surface area contributed by atoms with Gasteiger partial charge in [-0.05, 0) is 49.9 Å². The average molecular weight is 303 g/mol. The van der Waals surface area contributed by atoms with E-state index in [1.54, 1.807) is 12.1 Å². The lowest BCUT2D eigenvalue weighted by Gasteiger charge is -2.30. The van der Waals surface area contributed by atoms with Gasteiger partial charge >= 0.3 is 6.36 Å². The van der Waals surface area contributed by atoms with Crippen molar-refractivity contribution in [1.82, 2.24) is 5.32 Å². The second-order valence-corrected chi connectivity index (χ2v) is 5.24. The van der Waals surface area contributed by atoms with Crippen molar-refractivity contribution >= 4 is 0 Å². The Kier molecular flexibility index (Phi) is 5.47. The Morgan fingerprint density at radius 3 is 2.38 bits per heavy atom. The van der Waals surface area contributed by atoms with Gasteiger partial charge in [-0.1, -0.05) is 12.1 Å². The number of benzene rings is 1. The highest BCUT2D eigenvalue weighted by atomic mass is 19.4. The summed E-state index contributed by atoms with van der Waals surface area (Å²) in [6, 6.07) is 6.40. The number of hydrogen-bond donors (Lipinski definition) is 1. The highest BCUT2D eigenvalue weighted by Crippen LogP contribution is 2.25. The fraction of sp³-hybridized carbons (Fsp3) is 0.600. The summed E-state index contributed by atoms with van der Waals surface area (Å²) >= 11 is 0. The molecule has 1 aromatic rings. The molecular formula is C15H20F3NO2. The summed E-state index contributed by atoms with van der Waals surface area (Å²) in [4.78, 5) is 0. The Bertz CT molecular complexity index is 428. The molecule has 1 aliphatic heterocycles. The van der Waals surface area contributed by atoms with Gasteiger partial charge in [0.05, 0.1) is 0 Å². The molecular weight excluding hydrogens is 283 g/mol. The van der Waals surface area contributed by atoms with Gasteiger partial charge in [-0.15, -0.1) is 13.2 Å². The van der Waals surface area contributed by atoms with E-state index < -0.39 is 6.36 Å². The quantitative estimate of drug-likeness (QED) is 0.906. The predicted molar refractivity (Wildman–Crippen MR) is 73.2 cm³/mol. The fourth-order valence-corrected chi connectivity index (χ4v) is 2.70. The first-order valence-electron chi connectivity index (χ1n) is 7.07. The molecule has 1 heterocycles. The standard InChI is InChI=1S/C15H20F3NO2/c1-19-14(12-6-8-20-9-7-12)10-11-2-4-13(5-3-11)21-15(16,17)18/h2-5,12,14,19H,6-10H2,1H3. The van der Waals surface area contributed by atoms with Crippen LogP contribution in [0.5, 0.6) is 5.75 Å². The largest absolute Gasteiger partial charge is 0.573 e. The molecule has 21 heavy (non-hydrogen) atoms. The number of rotatable bonds is 5. The maximum atomic E-state index is 12.1. The first kappa shape index (κ1) is 16.1.